The van der Waals surface area contributed by atoms with E-state index in [4.69, 9.17) is 5.73 Å². The van der Waals surface area contributed by atoms with Crippen LogP contribution in [0.3, 0.4) is 0 Å². The normalized spacial score (nSPS) is 32.2. The highest BCUT2D eigenvalue weighted by atomic mass is 32.1. The topological polar surface area (TPSA) is 38.9 Å². The molecule has 0 spiro atoms. The lowest BCUT2D eigenvalue weighted by Crippen LogP contribution is -2.45. The molecule has 1 aromatic heterocycles. The highest BCUT2D eigenvalue weighted by Crippen LogP contribution is 2.49. The minimum Gasteiger partial charge on any atom is -0.320 e. The summed E-state index contributed by atoms with van der Waals surface area (Å²) in [5.74, 6) is 0. The predicted octanol–water partition coefficient (Wildman–Crippen LogP) is 2.51. The van der Waals surface area contributed by atoms with E-state index >= 15 is 0 Å². The Labute approximate surface area is 83.3 Å². The van der Waals surface area contributed by atoms with Gasteiger partial charge in [-0.25, -0.2) is 0 Å². The minimum absolute atomic E-state index is 0.187. The van der Waals surface area contributed by atoms with E-state index in [0.29, 0.717) is 0 Å². The van der Waals surface area contributed by atoms with Gasteiger partial charge in [0.15, 0.2) is 0 Å². The minimum atomic E-state index is -0.187. The third-order valence-electron chi connectivity index (χ3n) is 3.48. The molecule has 0 bridgehead atoms. The summed E-state index contributed by atoms with van der Waals surface area (Å²) in [4.78, 5) is 0. The van der Waals surface area contributed by atoms with Gasteiger partial charge in [-0.1, -0.05) is 20.3 Å². The summed E-state index contributed by atoms with van der Waals surface area (Å²) in [6, 6.07) is 2.07. The van der Waals surface area contributed by atoms with Crippen molar-refractivity contribution in [2.24, 2.45) is 11.1 Å². The van der Waals surface area contributed by atoms with Crippen molar-refractivity contribution in [2.45, 2.75) is 38.6 Å². The van der Waals surface area contributed by atoms with E-state index in [1.165, 1.54) is 24.4 Å². The lowest BCUT2D eigenvalue weighted by atomic mass is 9.74. The summed E-state index contributed by atoms with van der Waals surface area (Å²) in [5.41, 5.74) is 7.54. The Hall–Kier alpha value is -0.410. The Morgan fingerprint density at radius 3 is 2.69 bits per heavy atom. The van der Waals surface area contributed by atoms with Gasteiger partial charge in [0, 0.05) is 5.38 Å². The van der Waals surface area contributed by atoms with Crippen molar-refractivity contribution < 1.29 is 0 Å². The number of hydrogen-bond acceptors (Lipinski definition) is 3. The Bertz CT molecular complexity index is 292. The van der Waals surface area contributed by atoms with E-state index < -0.39 is 0 Å². The molecule has 0 radical (unpaired) electrons. The molecule has 2 nitrogen and oxygen atoms in total. The highest BCUT2D eigenvalue weighted by molar-refractivity contribution is 7.03. The Morgan fingerprint density at radius 2 is 2.23 bits per heavy atom. The van der Waals surface area contributed by atoms with E-state index in [-0.39, 0.29) is 11.0 Å². The first-order valence-corrected chi connectivity index (χ1v) is 5.60. The average Bonchev–Trinajstić information content (AvgIpc) is 2.61. The molecule has 1 unspecified atom stereocenters. The van der Waals surface area contributed by atoms with Crippen LogP contribution in [0, 0.1) is 5.41 Å². The second-order valence-electron chi connectivity index (χ2n) is 4.59. The lowest BCUT2D eigenvalue weighted by molar-refractivity contribution is 0.206. The molecule has 1 saturated carbocycles. The Kier molecular flexibility index (Phi) is 1.96. The fourth-order valence-corrected chi connectivity index (χ4v) is 2.88. The number of hydrogen-bond donors (Lipinski definition) is 1. The number of nitrogens with zero attached hydrogens (tertiary/aromatic N) is 1. The molecule has 1 fully saturated rings. The van der Waals surface area contributed by atoms with Crippen LogP contribution in [0.2, 0.25) is 0 Å². The van der Waals surface area contributed by atoms with Crippen LogP contribution < -0.4 is 5.73 Å². The van der Waals surface area contributed by atoms with Crippen molar-refractivity contribution in [3.8, 4) is 0 Å². The zero-order chi connectivity index (χ0) is 9.53. The van der Waals surface area contributed by atoms with Crippen LogP contribution in [0.15, 0.2) is 11.4 Å². The molecule has 0 saturated heterocycles. The molecular weight excluding hydrogens is 180 g/mol. The third-order valence-corrected chi connectivity index (χ3v) is 4.04. The highest BCUT2D eigenvalue weighted by Gasteiger charge is 2.48. The molecule has 0 aliphatic heterocycles. The quantitative estimate of drug-likeness (QED) is 0.749. The first-order valence-electron chi connectivity index (χ1n) is 4.76. The first kappa shape index (κ1) is 9.16. The third kappa shape index (κ3) is 1.22. The summed E-state index contributed by atoms with van der Waals surface area (Å²) >= 11 is 1.50. The van der Waals surface area contributed by atoms with Gasteiger partial charge in [-0.15, -0.1) is 0 Å². The van der Waals surface area contributed by atoms with Crippen molar-refractivity contribution in [3.05, 3.63) is 17.1 Å². The fourth-order valence-electron chi connectivity index (χ4n) is 2.29. The van der Waals surface area contributed by atoms with Crippen LogP contribution in [-0.2, 0) is 5.54 Å². The van der Waals surface area contributed by atoms with E-state index in [0.717, 1.165) is 12.1 Å². The molecule has 0 aromatic carbocycles. The SMILES string of the molecule is CC1(C)CCCC1(N)c1ccsn1. The van der Waals surface area contributed by atoms with Crippen LogP contribution in [0.5, 0.6) is 0 Å². The maximum atomic E-state index is 6.45. The van der Waals surface area contributed by atoms with E-state index in [1.807, 2.05) is 5.38 Å². The Morgan fingerprint density at radius 1 is 1.46 bits per heavy atom. The van der Waals surface area contributed by atoms with Crippen molar-refractivity contribution >= 4 is 11.5 Å². The van der Waals surface area contributed by atoms with Crippen molar-refractivity contribution in [2.75, 3.05) is 0 Å². The molecular formula is C10H16N2S. The summed E-state index contributed by atoms with van der Waals surface area (Å²) in [6.07, 6.45) is 3.51. The molecule has 1 aliphatic carbocycles. The van der Waals surface area contributed by atoms with Gasteiger partial charge in [0.2, 0.25) is 0 Å². The van der Waals surface area contributed by atoms with Crippen LogP contribution >= 0.6 is 11.5 Å². The first-order chi connectivity index (χ1) is 6.06. The smallest absolute Gasteiger partial charge is 0.0746 e. The number of aromatic nitrogens is 1. The van der Waals surface area contributed by atoms with Gasteiger partial charge in [0.05, 0.1) is 11.2 Å². The average molecular weight is 196 g/mol. The fraction of sp³-hybridized carbons (Fsp3) is 0.700. The number of rotatable bonds is 1. The summed E-state index contributed by atoms with van der Waals surface area (Å²) in [6.45, 7) is 4.50. The maximum Gasteiger partial charge on any atom is 0.0746 e. The van der Waals surface area contributed by atoms with Gasteiger partial charge in [-0.3, -0.25) is 0 Å². The van der Waals surface area contributed by atoms with E-state index in [2.05, 4.69) is 24.3 Å². The molecule has 0 amide bonds. The van der Waals surface area contributed by atoms with Crippen LogP contribution in [-0.4, -0.2) is 4.37 Å². The molecule has 1 heterocycles. The van der Waals surface area contributed by atoms with Crippen LogP contribution in [0.1, 0.15) is 38.8 Å². The molecule has 2 N–H and O–H groups in total. The molecule has 1 aliphatic rings. The van der Waals surface area contributed by atoms with Crippen molar-refractivity contribution in [1.82, 2.24) is 4.37 Å². The van der Waals surface area contributed by atoms with Gasteiger partial charge in [-0.2, -0.15) is 4.37 Å². The van der Waals surface area contributed by atoms with Crippen LogP contribution in [0.25, 0.3) is 0 Å². The van der Waals surface area contributed by atoms with Gasteiger partial charge in [-0.05, 0) is 35.9 Å². The van der Waals surface area contributed by atoms with Gasteiger partial charge >= 0.3 is 0 Å². The summed E-state index contributed by atoms with van der Waals surface area (Å²) < 4.78 is 4.38. The van der Waals surface area contributed by atoms with Crippen molar-refractivity contribution in [3.63, 3.8) is 0 Å². The molecule has 13 heavy (non-hydrogen) atoms. The van der Waals surface area contributed by atoms with Gasteiger partial charge in [0.25, 0.3) is 0 Å². The predicted molar refractivity (Wildman–Crippen MR) is 55.6 cm³/mol. The standard InChI is InChI=1S/C10H16N2S/c1-9(2)5-3-6-10(9,11)8-4-7-13-12-8/h4,7H,3,5-6,11H2,1-2H3. The van der Waals surface area contributed by atoms with Crippen molar-refractivity contribution in [1.29, 1.82) is 0 Å². The largest absolute Gasteiger partial charge is 0.320 e. The molecule has 1 atom stereocenters. The van der Waals surface area contributed by atoms with Gasteiger partial charge in [0.1, 0.15) is 0 Å². The molecule has 2 rings (SSSR count). The lowest BCUT2D eigenvalue weighted by Gasteiger charge is -2.36. The monoisotopic (exact) mass is 196 g/mol. The second-order valence-corrected chi connectivity index (χ2v) is 5.26. The number of nitrogens with two attached hydrogens (primary N) is 1. The maximum absolute atomic E-state index is 6.45. The van der Waals surface area contributed by atoms with E-state index in [9.17, 15) is 0 Å². The molecule has 72 valence electrons. The zero-order valence-electron chi connectivity index (χ0n) is 8.21. The van der Waals surface area contributed by atoms with Gasteiger partial charge < -0.3 is 5.73 Å². The van der Waals surface area contributed by atoms with E-state index in [1.54, 1.807) is 0 Å². The molecule has 1 aromatic rings. The summed E-state index contributed by atoms with van der Waals surface area (Å²) in [5, 5.41) is 2.01. The summed E-state index contributed by atoms with van der Waals surface area (Å²) in [7, 11) is 0. The zero-order valence-corrected chi connectivity index (χ0v) is 9.03. The molecule has 3 heteroatoms. The Balaban J connectivity index is 2.40. The van der Waals surface area contributed by atoms with Crippen LogP contribution in [0.4, 0.5) is 0 Å². The second kappa shape index (κ2) is 2.79.